The third kappa shape index (κ3) is 4.23. The monoisotopic (exact) mass is 462 g/mol. The third-order valence-corrected chi connectivity index (χ3v) is 5.81. The van der Waals surface area contributed by atoms with Crippen molar-refractivity contribution in [3.05, 3.63) is 63.9 Å². The van der Waals surface area contributed by atoms with E-state index in [1.165, 1.54) is 17.4 Å². The zero-order chi connectivity index (χ0) is 20.5. The van der Waals surface area contributed by atoms with Gasteiger partial charge >= 0.3 is 0 Å². The minimum Gasteiger partial charge on any atom is -0.332 e. The largest absolute Gasteiger partial charge is 0.332 e. The molecule has 0 aliphatic heterocycles. The van der Waals surface area contributed by atoms with Crippen LogP contribution in [-0.2, 0) is 0 Å². The fourth-order valence-electron chi connectivity index (χ4n) is 2.54. The predicted molar refractivity (Wildman–Crippen MR) is 119 cm³/mol. The molecule has 0 saturated carbocycles. The van der Waals surface area contributed by atoms with Crippen LogP contribution in [0.4, 0.5) is 5.69 Å². The van der Waals surface area contributed by atoms with Crippen LogP contribution in [0.3, 0.4) is 0 Å². The molecule has 0 unspecified atom stereocenters. The predicted octanol–water partition coefficient (Wildman–Crippen LogP) is 4.59. The number of fused-ring (bicyclic) bond motifs is 1. The number of hydrogen-bond donors (Lipinski definition) is 2. The molecule has 0 fully saturated rings. The average Bonchev–Trinajstić information content (AvgIpc) is 3.26. The Morgan fingerprint density at radius 2 is 1.97 bits per heavy atom. The summed E-state index contributed by atoms with van der Waals surface area (Å²) in [6, 6.07) is 12.1. The van der Waals surface area contributed by atoms with Gasteiger partial charge in [-0.05, 0) is 49.5 Å². The van der Waals surface area contributed by atoms with E-state index in [2.05, 4.69) is 25.9 Å². The first-order valence-electron chi connectivity index (χ1n) is 8.27. The van der Waals surface area contributed by atoms with Crippen molar-refractivity contribution in [1.29, 1.82) is 0 Å². The number of halogens is 2. The Morgan fingerprint density at radius 1 is 1.14 bits per heavy atom. The topological polar surface area (TPSA) is 84.2 Å². The second-order valence-electron chi connectivity index (χ2n) is 5.97. The molecule has 4 rings (SSSR count). The van der Waals surface area contributed by atoms with Crippen molar-refractivity contribution in [2.24, 2.45) is 0 Å². The molecular weight excluding hydrogens is 451 g/mol. The van der Waals surface area contributed by atoms with E-state index in [9.17, 15) is 4.79 Å². The maximum atomic E-state index is 12.3. The normalized spacial score (nSPS) is 10.9. The lowest BCUT2D eigenvalue weighted by Crippen LogP contribution is -2.34. The Morgan fingerprint density at radius 3 is 2.72 bits per heavy atom. The molecular formula is C18H12Cl2N6OS2. The van der Waals surface area contributed by atoms with Crippen molar-refractivity contribution in [2.75, 3.05) is 5.32 Å². The Kier molecular flexibility index (Phi) is 5.46. The SMILES string of the molecule is Cc1nnc2sc(-c3cccc(NC(=S)NC(=O)c4ccc(Cl)c(Cl)c4)c3)nn12. The Balaban J connectivity index is 1.47. The fourth-order valence-corrected chi connectivity index (χ4v) is 3.93. The third-order valence-electron chi connectivity index (χ3n) is 3.92. The second-order valence-corrected chi connectivity index (χ2v) is 8.15. The van der Waals surface area contributed by atoms with Crippen LogP contribution in [0, 0.1) is 6.92 Å². The van der Waals surface area contributed by atoms with Gasteiger partial charge in [0.15, 0.2) is 10.9 Å². The van der Waals surface area contributed by atoms with Crippen LogP contribution in [0.1, 0.15) is 16.2 Å². The molecule has 2 aromatic carbocycles. The Labute approximate surface area is 184 Å². The lowest BCUT2D eigenvalue weighted by molar-refractivity contribution is 0.0977. The standard InChI is InChI=1S/C18H12Cl2N6OS2/c1-9-23-24-18-26(9)25-16(29-18)11-3-2-4-12(7-11)21-17(28)22-15(27)10-5-6-13(19)14(20)8-10/h2-8H,1H3,(H2,21,22,27,28). The lowest BCUT2D eigenvalue weighted by Gasteiger charge is -2.10. The van der Waals surface area contributed by atoms with Crippen molar-refractivity contribution >= 4 is 68.4 Å². The van der Waals surface area contributed by atoms with Crippen molar-refractivity contribution in [3.63, 3.8) is 0 Å². The summed E-state index contributed by atoms with van der Waals surface area (Å²) in [7, 11) is 0. The van der Waals surface area contributed by atoms with Gasteiger partial charge in [0.2, 0.25) is 4.96 Å². The van der Waals surface area contributed by atoms with Gasteiger partial charge in [-0.1, -0.05) is 46.7 Å². The molecule has 0 saturated heterocycles. The van der Waals surface area contributed by atoms with Crippen LogP contribution >= 0.6 is 46.8 Å². The van der Waals surface area contributed by atoms with E-state index in [1.54, 1.807) is 16.6 Å². The van der Waals surface area contributed by atoms with Crippen LogP contribution in [0.5, 0.6) is 0 Å². The maximum absolute atomic E-state index is 12.3. The van der Waals surface area contributed by atoms with Gasteiger partial charge in [0.05, 0.1) is 10.0 Å². The van der Waals surface area contributed by atoms with Crippen molar-refractivity contribution in [3.8, 4) is 10.6 Å². The smallest absolute Gasteiger partial charge is 0.257 e. The minimum atomic E-state index is -0.388. The fraction of sp³-hybridized carbons (Fsp3) is 0.0556. The summed E-state index contributed by atoms with van der Waals surface area (Å²) in [5.41, 5.74) is 1.96. The molecule has 2 N–H and O–H groups in total. The summed E-state index contributed by atoms with van der Waals surface area (Å²) in [5.74, 6) is 0.337. The molecule has 0 bridgehead atoms. The summed E-state index contributed by atoms with van der Waals surface area (Å²) in [5, 5.41) is 19.8. The maximum Gasteiger partial charge on any atom is 0.257 e. The van der Waals surface area contributed by atoms with E-state index in [0.29, 0.717) is 21.3 Å². The summed E-state index contributed by atoms with van der Waals surface area (Å²) >= 11 is 18.5. The zero-order valence-corrected chi connectivity index (χ0v) is 18.0. The van der Waals surface area contributed by atoms with Gasteiger partial charge in [0.1, 0.15) is 5.01 Å². The highest BCUT2D eigenvalue weighted by Crippen LogP contribution is 2.27. The number of carbonyl (C=O) groups is 1. The Bertz CT molecular complexity index is 1250. The number of hydrogen-bond acceptors (Lipinski definition) is 6. The number of nitrogens with one attached hydrogen (secondary N) is 2. The van der Waals surface area contributed by atoms with Crippen LogP contribution in [0.2, 0.25) is 10.0 Å². The van der Waals surface area contributed by atoms with E-state index < -0.39 is 0 Å². The number of amides is 1. The van der Waals surface area contributed by atoms with Crippen molar-refractivity contribution < 1.29 is 4.79 Å². The number of aromatic nitrogens is 4. The van der Waals surface area contributed by atoms with Crippen LogP contribution < -0.4 is 10.6 Å². The number of aryl methyl sites for hydroxylation is 1. The zero-order valence-electron chi connectivity index (χ0n) is 14.8. The minimum absolute atomic E-state index is 0.159. The molecule has 0 spiro atoms. The van der Waals surface area contributed by atoms with E-state index in [-0.39, 0.29) is 11.0 Å². The van der Waals surface area contributed by atoms with Gasteiger partial charge in [-0.3, -0.25) is 10.1 Å². The quantitative estimate of drug-likeness (QED) is 0.433. The van der Waals surface area contributed by atoms with Gasteiger partial charge in [-0.2, -0.15) is 9.61 Å². The van der Waals surface area contributed by atoms with Gasteiger partial charge < -0.3 is 5.32 Å². The molecule has 2 heterocycles. The molecule has 4 aromatic rings. The lowest BCUT2D eigenvalue weighted by atomic mass is 10.2. The first-order chi connectivity index (χ1) is 13.9. The number of thiocarbonyl (C=S) groups is 1. The van der Waals surface area contributed by atoms with E-state index in [0.717, 1.165) is 21.4 Å². The van der Waals surface area contributed by atoms with E-state index in [1.807, 2.05) is 31.2 Å². The summed E-state index contributed by atoms with van der Waals surface area (Å²) in [6.45, 7) is 1.84. The summed E-state index contributed by atoms with van der Waals surface area (Å²) in [6.07, 6.45) is 0. The van der Waals surface area contributed by atoms with E-state index >= 15 is 0 Å². The molecule has 11 heteroatoms. The number of anilines is 1. The van der Waals surface area contributed by atoms with Crippen molar-refractivity contribution in [1.82, 2.24) is 25.1 Å². The highest BCUT2D eigenvalue weighted by molar-refractivity contribution is 7.80. The van der Waals surface area contributed by atoms with Crippen LogP contribution in [0.25, 0.3) is 15.5 Å². The van der Waals surface area contributed by atoms with Crippen LogP contribution in [0.15, 0.2) is 42.5 Å². The number of benzene rings is 2. The second kappa shape index (κ2) is 8.03. The molecule has 1 amide bonds. The number of rotatable bonds is 3. The molecule has 0 aliphatic rings. The molecule has 146 valence electrons. The molecule has 7 nitrogen and oxygen atoms in total. The highest BCUT2D eigenvalue weighted by Gasteiger charge is 2.12. The summed E-state index contributed by atoms with van der Waals surface area (Å²) in [4.78, 5) is 13.1. The first-order valence-corrected chi connectivity index (χ1v) is 10.3. The van der Waals surface area contributed by atoms with Gasteiger partial charge in [0, 0.05) is 16.8 Å². The van der Waals surface area contributed by atoms with Gasteiger partial charge in [-0.25, -0.2) is 0 Å². The molecule has 0 atom stereocenters. The summed E-state index contributed by atoms with van der Waals surface area (Å²) < 4.78 is 1.70. The van der Waals surface area contributed by atoms with Gasteiger partial charge in [0.25, 0.3) is 5.91 Å². The van der Waals surface area contributed by atoms with Gasteiger partial charge in [-0.15, -0.1) is 10.2 Å². The number of nitrogens with zero attached hydrogens (tertiary/aromatic N) is 4. The average molecular weight is 463 g/mol. The molecule has 29 heavy (non-hydrogen) atoms. The molecule has 0 aliphatic carbocycles. The molecule has 0 radical (unpaired) electrons. The van der Waals surface area contributed by atoms with Crippen molar-refractivity contribution in [2.45, 2.75) is 6.92 Å². The highest BCUT2D eigenvalue weighted by atomic mass is 35.5. The molecule has 2 aromatic heterocycles. The van der Waals surface area contributed by atoms with Crippen LogP contribution in [-0.4, -0.2) is 30.8 Å². The number of carbonyl (C=O) groups excluding carboxylic acids is 1. The Hall–Kier alpha value is -2.59. The first kappa shape index (κ1) is 19.7. The van der Waals surface area contributed by atoms with E-state index in [4.69, 9.17) is 35.4 Å².